The number of rotatable bonds is 1. The topological polar surface area (TPSA) is 71.0 Å². The van der Waals surface area contributed by atoms with Crippen molar-refractivity contribution in [2.45, 2.75) is 0 Å². The van der Waals surface area contributed by atoms with Crippen LogP contribution in [0.15, 0.2) is 34.6 Å². The highest BCUT2D eigenvalue weighted by Gasteiger charge is 1.88. The van der Waals surface area contributed by atoms with Gasteiger partial charge in [-0.1, -0.05) is 11.3 Å². The summed E-state index contributed by atoms with van der Waals surface area (Å²) in [5, 5.41) is 15.5. The second kappa shape index (κ2) is 2.82. The Kier molecular flexibility index (Phi) is 1.84. The maximum absolute atomic E-state index is 8.90. The molecule has 0 aliphatic carbocycles. The van der Waals surface area contributed by atoms with E-state index < -0.39 is 0 Å². The molecule has 0 spiro atoms. The van der Waals surface area contributed by atoms with Gasteiger partial charge in [0.15, 0.2) is 0 Å². The van der Waals surface area contributed by atoms with Crippen LogP contribution >= 0.6 is 0 Å². The van der Waals surface area contributed by atoms with Crippen LogP contribution in [0.4, 0.5) is 5.69 Å². The van der Waals surface area contributed by atoms with Crippen molar-refractivity contribution in [2.24, 2.45) is 16.2 Å². The average molecular weight is 137 g/mol. The molecule has 0 aromatic heterocycles. The van der Waals surface area contributed by atoms with Crippen LogP contribution in [-0.2, 0) is 0 Å². The average Bonchev–Trinajstić information content (AvgIpc) is 1.88. The maximum Gasteiger partial charge on any atom is 0.117 e. The Bertz CT molecular complexity index is 247. The number of nitrogens with zero attached hydrogens (tertiary/aromatic N) is 2. The van der Waals surface area contributed by atoms with E-state index in [4.69, 9.17) is 10.9 Å². The second-order valence-corrected chi connectivity index (χ2v) is 1.74. The fraction of sp³-hybridized carbons (Fsp3) is 0. The lowest BCUT2D eigenvalue weighted by molar-refractivity contribution is 0.475. The van der Waals surface area contributed by atoms with E-state index in [0.29, 0.717) is 5.69 Å². The molecule has 0 heterocycles. The summed E-state index contributed by atoms with van der Waals surface area (Å²) in [5.41, 5.74) is 0.544. The third-order valence-corrected chi connectivity index (χ3v) is 1.00. The maximum atomic E-state index is 8.90. The number of phenolic OH excluding ortho intramolecular Hbond substituents is 1. The fourth-order valence-electron chi connectivity index (χ4n) is 0.622. The van der Waals surface area contributed by atoms with E-state index in [2.05, 4.69) is 10.3 Å². The van der Waals surface area contributed by atoms with Gasteiger partial charge >= 0.3 is 0 Å². The lowest BCUT2D eigenvalue weighted by Gasteiger charge is -1.90. The Morgan fingerprint density at radius 1 is 1.40 bits per heavy atom. The molecular weight excluding hydrogens is 130 g/mol. The van der Waals surface area contributed by atoms with Crippen LogP contribution in [0.3, 0.4) is 0 Å². The first-order valence-corrected chi connectivity index (χ1v) is 2.73. The van der Waals surface area contributed by atoms with Gasteiger partial charge in [0.05, 0.1) is 5.69 Å². The molecule has 4 nitrogen and oxygen atoms in total. The van der Waals surface area contributed by atoms with Crippen molar-refractivity contribution in [3.05, 3.63) is 24.3 Å². The molecule has 52 valence electrons. The molecule has 3 N–H and O–H groups in total. The highest BCUT2D eigenvalue weighted by molar-refractivity contribution is 5.41. The Morgan fingerprint density at radius 3 is 2.80 bits per heavy atom. The number of aromatic hydroxyl groups is 1. The van der Waals surface area contributed by atoms with Gasteiger partial charge in [-0.25, -0.2) is 0 Å². The molecule has 0 radical (unpaired) electrons. The van der Waals surface area contributed by atoms with Gasteiger partial charge < -0.3 is 10.9 Å². The zero-order valence-corrected chi connectivity index (χ0v) is 5.23. The summed E-state index contributed by atoms with van der Waals surface area (Å²) in [5.74, 6) is 4.94. The van der Waals surface area contributed by atoms with Crippen LogP contribution in [0, 0.1) is 0 Å². The van der Waals surface area contributed by atoms with Crippen LogP contribution in [0.5, 0.6) is 5.75 Å². The molecule has 1 aromatic carbocycles. The van der Waals surface area contributed by atoms with E-state index in [1.807, 2.05) is 0 Å². The number of nitrogens with two attached hydrogens (primary N) is 1. The summed E-state index contributed by atoms with van der Waals surface area (Å²) in [7, 11) is 0. The highest BCUT2D eigenvalue weighted by Crippen LogP contribution is 2.17. The molecule has 0 unspecified atom stereocenters. The lowest BCUT2D eigenvalue weighted by Crippen LogP contribution is -1.73. The summed E-state index contributed by atoms with van der Waals surface area (Å²) >= 11 is 0. The van der Waals surface area contributed by atoms with Crippen molar-refractivity contribution >= 4 is 5.69 Å². The van der Waals surface area contributed by atoms with Crippen LogP contribution in [-0.4, -0.2) is 5.11 Å². The zero-order valence-electron chi connectivity index (χ0n) is 5.23. The SMILES string of the molecule is NN=Nc1cccc(O)c1. The Balaban J connectivity index is 2.95. The summed E-state index contributed by atoms with van der Waals surface area (Å²) in [6.07, 6.45) is 0. The molecule has 4 heteroatoms. The minimum absolute atomic E-state index is 0.157. The molecule has 1 aromatic rings. The minimum atomic E-state index is 0.157. The van der Waals surface area contributed by atoms with Gasteiger partial charge in [0, 0.05) is 6.07 Å². The minimum Gasteiger partial charge on any atom is -0.508 e. The van der Waals surface area contributed by atoms with E-state index in [1.54, 1.807) is 18.2 Å². The van der Waals surface area contributed by atoms with Crippen LogP contribution in [0.25, 0.3) is 0 Å². The molecule has 0 amide bonds. The van der Waals surface area contributed by atoms with Crippen LogP contribution in [0.2, 0.25) is 0 Å². The highest BCUT2D eigenvalue weighted by atomic mass is 16.3. The smallest absolute Gasteiger partial charge is 0.117 e. The molecule has 10 heavy (non-hydrogen) atoms. The van der Waals surface area contributed by atoms with Crippen molar-refractivity contribution in [3.8, 4) is 5.75 Å². The number of hydrogen-bond donors (Lipinski definition) is 2. The first-order chi connectivity index (χ1) is 4.83. The Morgan fingerprint density at radius 2 is 2.20 bits per heavy atom. The first kappa shape index (κ1) is 6.54. The van der Waals surface area contributed by atoms with Crippen molar-refractivity contribution < 1.29 is 5.11 Å². The van der Waals surface area contributed by atoms with Gasteiger partial charge in [-0.2, -0.15) is 0 Å². The third kappa shape index (κ3) is 1.45. The first-order valence-electron chi connectivity index (χ1n) is 2.73. The zero-order chi connectivity index (χ0) is 7.40. The normalized spacial score (nSPS) is 10.4. The van der Waals surface area contributed by atoms with Gasteiger partial charge in [0.25, 0.3) is 0 Å². The summed E-state index contributed by atoms with van der Waals surface area (Å²) in [4.78, 5) is 0. The molecule has 0 fully saturated rings. The summed E-state index contributed by atoms with van der Waals surface area (Å²) in [6.45, 7) is 0. The number of hydrogen-bond acceptors (Lipinski definition) is 3. The molecule has 1 rings (SSSR count). The van der Waals surface area contributed by atoms with E-state index in [9.17, 15) is 0 Å². The molecule has 0 aliphatic heterocycles. The fourth-order valence-corrected chi connectivity index (χ4v) is 0.622. The van der Waals surface area contributed by atoms with E-state index in [-0.39, 0.29) is 5.75 Å². The van der Waals surface area contributed by atoms with Gasteiger partial charge in [0.2, 0.25) is 0 Å². The van der Waals surface area contributed by atoms with E-state index in [1.165, 1.54) is 6.07 Å². The van der Waals surface area contributed by atoms with Crippen molar-refractivity contribution in [1.29, 1.82) is 0 Å². The van der Waals surface area contributed by atoms with Crippen LogP contribution in [0.1, 0.15) is 0 Å². The molecule has 0 atom stereocenters. The van der Waals surface area contributed by atoms with E-state index >= 15 is 0 Å². The number of phenols is 1. The van der Waals surface area contributed by atoms with Crippen molar-refractivity contribution in [3.63, 3.8) is 0 Å². The summed E-state index contributed by atoms with van der Waals surface area (Å²) in [6, 6.07) is 6.38. The monoisotopic (exact) mass is 137 g/mol. The predicted molar refractivity (Wildman–Crippen MR) is 36.8 cm³/mol. The molecule has 0 saturated heterocycles. The van der Waals surface area contributed by atoms with Gasteiger partial charge in [-0.05, 0) is 12.1 Å². The van der Waals surface area contributed by atoms with Crippen LogP contribution < -0.4 is 5.84 Å². The van der Waals surface area contributed by atoms with E-state index in [0.717, 1.165) is 0 Å². The van der Waals surface area contributed by atoms with Crippen molar-refractivity contribution in [2.75, 3.05) is 0 Å². The van der Waals surface area contributed by atoms with Gasteiger partial charge in [-0.15, -0.1) is 5.11 Å². The van der Waals surface area contributed by atoms with Crippen molar-refractivity contribution in [1.82, 2.24) is 0 Å². The molecule has 0 aliphatic rings. The van der Waals surface area contributed by atoms with Gasteiger partial charge in [0.1, 0.15) is 5.75 Å². The number of benzene rings is 1. The molecule has 0 saturated carbocycles. The standard InChI is InChI=1S/C6H7N3O/c7-9-8-5-2-1-3-6(10)4-5/h1-4,10H,(H2,7,8). The second-order valence-electron chi connectivity index (χ2n) is 1.74. The van der Waals surface area contributed by atoms with Gasteiger partial charge in [-0.3, -0.25) is 0 Å². The Hall–Kier alpha value is -1.58. The lowest BCUT2D eigenvalue weighted by atomic mass is 10.3. The largest absolute Gasteiger partial charge is 0.508 e. The summed E-state index contributed by atoms with van der Waals surface area (Å²) < 4.78 is 0. The molecular formula is C6H7N3O. The Labute approximate surface area is 58.0 Å². The predicted octanol–water partition coefficient (Wildman–Crippen LogP) is 1.35. The molecule has 0 bridgehead atoms. The third-order valence-electron chi connectivity index (χ3n) is 1.00. The quantitative estimate of drug-likeness (QED) is 0.348.